The van der Waals surface area contributed by atoms with Crippen LogP contribution < -0.4 is 5.73 Å². The van der Waals surface area contributed by atoms with E-state index in [1.807, 2.05) is 0 Å². The van der Waals surface area contributed by atoms with Crippen LogP contribution in [0.25, 0.3) is 0 Å². The van der Waals surface area contributed by atoms with E-state index in [2.05, 4.69) is 31.9 Å². The number of hydrogen-bond donors (Lipinski definition) is 1. The molecular formula is C14H11Br2F2N. The summed E-state index contributed by atoms with van der Waals surface area (Å²) in [6.07, 6.45) is 0.343. The molecule has 0 saturated heterocycles. The average Bonchev–Trinajstić information content (AvgIpc) is 2.33. The number of rotatable bonds is 3. The van der Waals surface area contributed by atoms with E-state index in [9.17, 15) is 8.78 Å². The van der Waals surface area contributed by atoms with Gasteiger partial charge in [-0.2, -0.15) is 0 Å². The quantitative estimate of drug-likeness (QED) is 0.805. The molecule has 0 spiro atoms. The first-order valence-corrected chi connectivity index (χ1v) is 7.20. The Bertz CT molecular complexity index is 602. The Morgan fingerprint density at radius 1 is 1.05 bits per heavy atom. The number of benzene rings is 2. The fourth-order valence-corrected chi connectivity index (χ4v) is 2.90. The number of hydrogen-bond acceptors (Lipinski definition) is 1. The maximum atomic E-state index is 13.7. The molecule has 0 fully saturated rings. The van der Waals surface area contributed by atoms with E-state index in [1.165, 1.54) is 18.2 Å². The second-order valence-corrected chi connectivity index (χ2v) is 5.98. The molecule has 2 aromatic carbocycles. The van der Waals surface area contributed by atoms with Crippen molar-refractivity contribution in [3.63, 3.8) is 0 Å². The second kappa shape index (κ2) is 6.11. The van der Waals surface area contributed by atoms with E-state index in [-0.39, 0.29) is 11.6 Å². The fraction of sp³-hybridized carbons (Fsp3) is 0.143. The zero-order chi connectivity index (χ0) is 14.0. The molecule has 19 heavy (non-hydrogen) atoms. The lowest BCUT2D eigenvalue weighted by Crippen LogP contribution is -2.15. The molecule has 0 aliphatic carbocycles. The molecule has 0 heterocycles. The first-order chi connectivity index (χ1) is 8.97. The SMILES string of the molecule is NC(Cc1cc(Br)ccc1F)c1ccc(F)cc1Br. The standard InChI is InChI=1S/C14H11Br2F2N/c15-9-1-4-13(18)8(5-9)6-14(19)11-3-2-10(17)7-12(11)16/h1-5,7,14H,6,19H2. The molecule has 1 unspecified atom stereocenters. The summed E-state index contributed by atoms with van der Waals surface area (Å²) in [6.45, 7) is 0. The van der Waals surface area contributed by atoms with Crippen molar-refractivity contribution in [1.82, 2.24) is 0 Å². The van der Waals surface area contributed by atoms with Crippen LogP contribution in [0.3, 0.4) is 0 Å². The van der Waals surface area contributed by atoms with Gasteiger partial charge in [-0.3, -0.25) is 0 Å². The minimum atomic E-state index is -0.404. The number of halogens is 4. The van der Waals surface area contributed by atoms with Crippen molar-refractivity contribution >= 4 is 31.9 Å². The Labute approximate surface area is 127 Å². The Hall–Kier alpha value is -0.780. The van der Waals surface area contributed by atoms with Gasteiger partial charge in [0.2, 0.25) is 0 Å². The lowest BCUT2D eigenvalue weighted by atomic mass is 9.99. The molecule has 0 saturated carbocycles. The van der Waals surface area contributed by atoms with Gasteiger partial charge in [0.25, 0.3) is 0 Å². The van der Waals surface area contributed by atoms with Crippen molar-refractivity contribution in [2.45, 2.75) is 12.5 Å². The van der Waals surface area contributed by atoms with Gasteiger partial charge in [-0.15, -0.1) is 0 Å². The molecule has 0 aliphatic heterocycles. The van der Waals surface area contributed by atoms with Crippen LogP contribution in [0.1, 0.15) is 17.2 Å². The third-order valence-corrected chi connectivity index (χ3v) is 3.99. The highest BCUT2D eigenvalue weighted by molar-refractivity contribution is 9.10. The molecule has 5 heteroatoms. The van der Waals surface area contributed by atoms with Crippen LogP contribution in [-0.4, -0.2) is 0 Å². The monoisotopic (exact) mass is 389 g/mol. The molecule has 0 radical (unpaired) electrons. The van der Waals surface area contributed by atoms with Crippen LogP contribution in [0.5, 0.6) is 0 Å². The van der Waals surface area contributed by atoms with E-state index in [0.29, 0.717) is 16.5 Å². The third kappa shape index (κ3) is 3.61. The van der Waals surface area contributed by atoms with E-state index in [4.69, 9.17) is 5.73 Å². The van der Waals surface area contributed by atoms with Crippen LogP contribution in [0.15, 0.2) is 45.3 Å². The van der Waals surface area contributed by atoms with Gasteiger partial charge in [-0.1, -0.05) is 37.9 Å². The van der Waals surface area contributed by atoms with Crippen molar-refractivity contribution in [1.29, 1.82) is 0 Å². The van der Waals surface area contributed by atoms with Gasteiger partial charge in [-0.05, 0) is 47.9 Å². The van der Waals surface area contributed by atoms with Crippen molar-refractivity contribution < 1.29 is 8.78 Å². The topological polar surface area (TPSA) is 26.0 Å². The molecule has 1 atom stereocenters. The Morgan fingerprint density at radius 3 is 2.47 bits per heavy atom. The molecule has 0 amide bonds. The summed E-state index contributed by atoms with van der Waals surface area (Å²) in [5, 5.41) is 0. The summed E-state index contributed by atoms with van der Waals surface area (Å²) in [4.78, 5) is 0. The van der Waals surface area contributed by atoms with Crippen molar-refractivity contribution in [3.05, 3.63) is 68.1 Å². The smallest absolute Gasteiger partial charge is 0.126 e. The average molecular weight is 391 g/mol. The normalized spacial score (nSPS) is 12.5. The van der Waals surface area contributed by atoms with Crippen LogP contribution in [0.4, 0.5) is 8.78 Å². The highest BCUT2D eigenvalue weighted by Crippen LogP contribution is 2.27. The summed E-state index contributed by atoms with van der Waals surface area (Å²) in [6, 6.07) is 8.64. The lowest BCUT2D eigenvalue weighted by Gasteiger charge is -2.15. The highest BCUT2D eigenvalue weighted by atomic mass is 79.9. The van der Waals surface area contributed by atoms with Crippen LogP contribution in [-0.2, 0) is 6.42 Å². The minimum Gasteiger partial charge on any atom is -0.324 e. The van der Waals surface area contributed by atoms with Gasteiger partial charge in [0.05, 0.1) is 0 Å². The molecule has 0 aromatic heterocycles. The molecule has 2 rings (SSSR count). The Balaban J connectivity index is 2.25. The third-order valence-electron chi connectivity index (χ3n) is 2.81. The minimum absolute atomic E-state index is 0.295. The molecular weight excluding hydrogens is 380 g/mol. The van der Waals surface area contributed by atoms with Crippen LogP contribution in [0, 0.1) is 11.6 Å². The lowest BCUT2D eigenvalue weighted by molar-refractivity contribution is 0.590. The molecule has 2 aromatic rings. The molecule has 1 nitrogen and oxygen atoms in total. The van der Waals surface area contributed by atoms with Gasteiger partial charge < -0.3 is 5.73 Å². The molecule has 0 bridgehead atoms. The van der Waals surface area contributed by atoms with E-state index in [1.54, 1.807) is 18.2 Å². The maximum absolute atomic E-state index is 13.7. The van der Waals surface area contributed by atoms with E-state index in [0.717, 1.165) is 10.0 Å². The van der Waals surface area contributed by atoms with Crippen molar-refractivity contribution in [2.24, 2.45) is 5.73 Å². The largest absolute Gasteiger partial charge is 0.324 e. The van der Waals surface area contributed by atoms with Crippen molar-refractivity contribution in [3.8, 4) is 0 Å². The van der Waals surface area contributed by atoms with Gasteiger partial charge in [0.15, 0.2) is 0 Å². The first-order valence-electron chi connectivity index (χ1n) is 5.62. The molecule has 2 N–H and O–H groups in total. The predicted octanol–water partition coefficient (Wildman–Crippen LogP) is 4.73. The molecule has 0 aliphatic rings. The highest BCUT2D eigenvalue weighted by Gasteiger charge is 2.14. The van der Waals surface area contributed by atoms with Gasteiger partial charge >= 0.3 is 0 Å². The second-order valence-electron chi connectivity index (χ2n) is 4.21. The summed E-state index contributed by atoms with van der Waals surface area (Å²) >= 11 is 6.57. The first kappa shape index (κ1) is 14.6. The van der Waals surface area contributed by atoms with E-state index >= 15 is 0 Å². The summed E-state index contributed by atoms with van der Waals surface area (Å²) in [5.41, 5.74) is 7.34. The Kier molecular flexibility index (Phi) is 4.71. The zero-order valence-electron chi connectivity index (χ0n) is 9.84. The summed E-state index contributed by atoms with van der Waals surface area (Å²) in [7, 11) is 0. The van der Waals surface area contributed by atoms with E-state index < -0.39 is 6.04 Å². The van der Waals surface area contributed by atoms with Gasteiger partial charge in [-0.25, -0.2) is 8.78 Å². The Morgan fingerprint density at radius 2 is 1.79 bits per heavy atom. The van der Waals surface area contributed by atoms with Gasteiger partial charge in [0.1, 0.15) is 11.6 Å². The van der Waals surface area contributed by atoms with Crippen LogP contribution in [0.2, 0.25) is 0 Å². The predicted molar refractivity (Wildman–Crippen MR) is 78.8 cm³/mol. The number of nitrogens with two attached hydrogens (primary N) is 1. The molecule has 100 valence electrons. The van der Waals surface area contributed by atoms with Gasteiger partial charge in [0, 0.05) is 15.0 Å². The summed E-state index contributed by atoms with van der Waals surface area (Å²) in [5.74, 6) is -0.631. The summed E-state index contributed by atoms with van der Waals surface area (Å²) < 4.78 is 28.1. The van der Waals surface area contributed by atoms with Crippen LogP contribution >= 0.6 is 31.9 Å². The fourth-order valence-electron chi connectivity index (χ4n) is 1.85. The zero-order valence-corrected chi connectivity index (χ0v) is 13.0. The maximum Gasteiger partial charge on any atom is 0.126 e. The van der Waals surface area contributed by atoms with Crippen molar-refractivity contribution in [2.75, 3.05) is 0 Å².